The number of aryl methyl sites for hydroxylation is 2. The van der Waals surface area contributed by atoms with Gasteiger partial charge < -0.3 is 14.6 Å². The van der Waals surface area contributed by atoms with E-state index in [1.165, 1.54) is 0 Å². The second-order valence-corrected chi connectivity index (χ2v) is 7.24. The van der Waals surface area contributed by atoms with Gasteiger partial charge in [0.25, 0.3) is 5.91 Å². The highest BCUT2D eigenvalue weighted by Crippen LogP contribution is 2.34. The predicted octanol–water partition coefficient (Wildman–Crippen LogP) is 1.63. The molecule has 4 rings (SSSR count). The SMILES string of the molecule is Cc1nccn1[C@@H]1CC[C@@H](N(C)C(=O)c2n[nH]c3c2CCCC3)[C@H]1O. The molecule has 2 aliphatic rings. The van der Waals surface area contributed by atoms with Gasteiger partial charge in [0.15, 0.2) is 5.69 Å². The van der Waals surface area contributed by atoms with Crippen LogP contribution in [0.25, 0.3) is 0 Å². The van der Waals surface area contributed by atoms with Gasteiger partial charge in [-0.2, -0.15) is 5.10 Å². The van der Waals surface area contributed by atoms with E-state index in [0.29, 0.717) is 5.69 Å². The number of nitrogens with zero attached hydrogens (tertiary/aromatic N) is 4. The topological polar surface area (TPSA) is 87.0 Å². The first-order valence-electron chi connectivity index (χ1n) is 9.08. The molecule has 1 saturated carbocycles. The molecule has 2 heterocycles. The smallest absolute Gasteiger partial charge is 0.274 e. The molecule has 0 spiro atoms. The van der Waals surface area contributed by atoms with E-state index in [0.717, 1.165) is 55.6 Å². The number of fused-ring (bicyclic) bond motifs is 1. The summed E-state index contributed by atoms with van der Waals surface area (Å²) in [6, 6.07) is -0.230. The van der Waals surface area contributed by atoms with Gasteiger partial charge in [0, 0.05) is 30.7 Å². The standard InChI is InChI=1S/C18H25N5O2/c1-11-19-9-10-23(11)15-8-7-14(17(15)24)22(2)18(25)16-12-5-3-4-6-13(12)20-21-16/h9-10,14-15,17,24H,3-8H2,1-2H3,(H,20,21)/t14-,15-,17-/m1/s1. The lowest BCUT2D eigenvalue weighted by atomic mass is 9.95. The van der Waals surface area contributed by atoms with Crippen LogP contribution in [-0.4, -0.2) is 54.9 Å². The Morgan fingerprint density at radius 3 is 2.92 bits per heavy atom. The first-order chi connectivity index (χ1) is 12.1. The number of H-pyrrole nitrogens is 1. The van der Waals surface area contributed by atoms with E-state index >= 15 is 0 Å². The Morgan fingerprint density at radius 1 is 1.36 bits per heavy atom. The van der Waals surface area contributed by atoms with Crippen LogP contribution in [-0.2, 0) is 12.8 Å². The van der Waals surface area contributed by atoms with Crippen LogP contribution in [0.2, 0.25) is 0 Å². The predicted molar refractivity (Wildman–Crippen MR) is 92.4 cm³/mol. The molecule has 134 valence electrons. The van der Waals surface area contributed by atoms with Crippen molar-refractivity contribution in [1.82, 2.24) is 24.6 Å². The molecular weight excluding hydrogens is 318 g/mol. The van der Waals surface area contributed by atoms with E-state index < -0.39 is 6.10 Å². The number of aliphatic hydroxyl groups is 1. The minimum atomic E-state index is -0.600. The molecule has 0 aliphatic heterocycles. The highest BCUT2D eigenvalue weighted by Gasteiger charge is 2.41. The molecule has 0 saturated heterocycles. The number of carbonyl (C=O) groups is 1. The summed E-state index contributed by atoms with van der Waals surface area (Å²) in [5.74, 6) is 0.798. The summed E-state index contributed by atoms with van der Waals surface area (Å²) in [4.78, 5) is 18.9. The number of hydrogen-bond donors (Lipinski definition) is 2. The van der Waals surface area contributed by atoms with Crippen LogP contribution in [0.1, 0.15) is 59.3 Å². The number of aromatic nitrogens is 4. The van der Waals surface area contributed by atoms with Crippen LogP contribution < -0.4 is 0 Å². The number of imidazole rings is 1. The molecule has 0 bridgehead atoms. The summed E-state index contributed by atoms with van der Waals surface area (Å²) in [5, 5.41) is 18.1. The summed E-state index contributed by atoms with van der Waals surface area (Å²) in [6.07, 6.45) is 8.78. The van der Waals surface area contributed by atoms with E-state index in [4.69, 9.17) is 0 Å². The Morgan fingerprint density at radius 2 is 2.16 bits per heavy atom. The van der Waals surface area contributed by atoms with Crippen LogP contribution in [0, 0.1) is 6.92 Å². The van der Waals surface area contributed by atoms with Crippen molar-refractivity contribution in [2.75, 3.05) is 7.05 Å². The molecule has 0 radical (unpaired) electrons. The number of aromatic amines is 1. The van der Waals surface area contributed by atoms with E-state index in [1.54, 1.807) is 18.1 Å². The van der Waals surface area contributed by atoms with Crippen molar-refractivity contribution in [3.05, 3.63) is 35.2 Å². The summed E-state index contributed by atoms with van der Waals surface area (Å²) < 4.78 is 2.01. The molecule has 0 unspecified atom stereocenters. The first-order valence-corrected chi connectivity index (χ1v) is 9.08. The van der Waals surface area contributed by atoms with Crippen molar-refractivity contribution in [2.45, 2.75) is 63.6 Å². The van der Waals surface area contributed by atoms with Crippen LogP contribution in [0.3, 0.4) is 0 Å². The highest BCUT2D eigenvalue weighted by molar-refractivity contribution is 5.94. The Hall–Kier alpha value is -2.15. The van der Waals surface area contributed by atoms with E-state index in [1.807, 2.05) is 17.7 Å². The van der Waals surface area contributed by atoms with Crippen LogP contribution >= 0.6 is 0 Å². The maximum atomic E-state index is 13.0. The maximum absolute atomic E-state index is 13.0. The summed E-state index contributed by atoms with van der Waals surface area (Å²) >= 11 is 0. The van der Waals surface area contributed by atoms with Gasteiger partial charge in [-0.15, -0.1) is 0 Å². The molecule has 1 fully saturated rings. The minimum absolute atomic E-state index is 0.0316. The monoisotopic (exact) mass is 343 g/mol. The van der Waals surface area contributed by atoms with Crippen molar-refractivity contribution < 1.29 is 9.90 Å². The largest absolute Gasteiger partial charge is 0.389 e. The molecule has 3 atom stereocenters. The van der Waals surface area contributed by atoms with Crippen LogP contribution in [0.5, 0.6) is 0 Å². The van der Waals surface area contributed by atoms with Crippen molar-refractivity contribution in [1.29, 1.82) is 0 Å². The van der Waals surface area contributed by atoms with E-state index in [2.05, 4.69) is 15.2 Å². The van der Waals surface area contributed by atoms with Gasteiger partial charge in [0.1, 0.15) is 5.82 Å². The quantitative estimate of drug-likeness (QED) is 0.887. The van der Waals surface area contributed by atoms with Gasteiger partial charge >= 0.3 is 0 Å². The zero-order chi connectivity index (χ0) is 17.6. The van der Waals surface area contributed by atoms with Gasteiger partial charge in [0.05, 0.1) is 18.2 Å². The summed E-state index contributed by atoms with van der Waals surface area (Å²) in [6.45, 7) is 1.94. The van der Waals surface area contributed by atoms with Gasteiger partial charge in [-0.1, -0.05) is 0 Å². The van der Waals surface area contributed by atoms with Gasteiger partial charge in [-0.3, -0.25) is 9.89 Å². The molecule has 2 aliphatic carbocycles. The van der Waals surface area contributed by atoms with Gasteiger partial charge in [0.2, 0.25) is 0 Å². The third-order valence-electron chi connectivity index (χ3n) is 5.84. The van der Waals surface area contributed by atoms with Crippen LogP contribution in [0.4, 0.5) is 0 Å². The number of aliphatic hydroxyl groups excluding tert-OH is 1. The Bertz CT molecular complexity index is 780. The number of hydrogen-bond acceptors (Lipinski definition) is 4. The summed E-state index contributed by atoms with van der Waals surface area (Å²) in [5.41, 5.74) is 2.70. The Balaban J connectivity index is 1.53. The molecule has 2 N–H and O–H groups in total. The lowest BCUT2D eigenvalue weighted by molar-refractivity contribution is 0.0435. The average Bonchev–Trinajstić information content (AvgIpc) is 3.32. The lowest BCUT2D eigenvalue weighted by Gasteiger charge is -2.29. The Kier molecular flexibility index (Phi) is 4.11. The molecule has 2 aromatic rings. The maximum Gasteiger partial charge on any atom is 0.274 e. The molecule has 25 heavy (non-hydrogen) atoms. The Labute approximate surface area is 147 Å². The molecule has 7 nitrogen and oxygen atoms in total. The van der Waals surface area contributed by atoms with Crippen molar-refractivity contribution in [2.24, 2.45) is 0 Å². The molecule has 7 heteroatoms. The second kappa shape index (κ2) is 6.29. The second-order valence-electron chi connectivity index (χ2n) is 7.24. The fourth-order valence-corrected chi connectivity index (χ4v) is 4.38. The lowest BCUT2D eigenvalue weighted by Crippen LogP contribution is -2.44. The van der Waals surface area contributed by atoms with Crippen LogP contribution in [0.15, 0.2) is 12.4 Å². The number of likely N-dealkylation sites (N-methyl/N-ethyl adjacent to an activating group) is 1. The molecule has 0 aromatic carbocycles. The van der Waals surface area contributed by atoms with Crippen molar-refractivity contribution in [3.63, 3.8) is 0 Å². The van der Waals surface area contributed by atoms with Gasteiger partial charge in [-0.25, -0.2) is 4.98 Å². The van der Waals surface area contributed by atoms with E-state index in [9.17, 15) is 9.90 Å². The molecule has 2 aromatic heterocycles. The highest BCUT2D eigenvalue weighted by atomic mass is 16.3. The molecule has 1 amide bonds. The third-order valence-corrected chi connectivity index (χ3v) is 5.84. The van der Waals surface area contributed by atoms with Crippen molar-refractivity contribution in [3.8, 4) is 0 Å². The zero-order valence-electron chi connectivity index (χ0n) is 14.8. The summed E-state index contributed by atoms with van der Waals surface area (Å²) in [7, 11) is 1.78. The van der Waals surface area contributed by atoms with E-state index in [-0.39, 0.29) is 18.0 Å². The number of nitrogens with one attached hydrogen (secondary N) is 1. The normalized spacial score (nSPS) is 25.8. The first kappa shape index (κ1) is 16.3. The number of rotatable bonds is 3. The number of carbonyl (C=O) groups excluding carboxylic acids is 1. The number of amides is 1. The third kappa shape index (κ3) is 2.66. The average molecular weight is 343 g/mol. The van der Waals surface area contributed by atoms with Crippen molar-refractivity contribution >= 4 is 5.91 Å². The zero-order valence-corrected chi connectivity index (χ0v) is 14.8. The fourth-order valence-electron chi connectivity index (χ4n) is 4.38. The minimum Gasteiger partial charge on any atom is -0.389 e. The fraction of sp³-hybridized carbons (Fsp3) is 0.611. The van der Waals surface area contributed by atoms with Gasteiger partial charge in [-0.05, 0) is 45.4 Å². The molecular formula is C18H25N5O2.